The van der Waals surface area contributed by atoms with Gasteiger partial charge in [0.15, 0.2) is 0 Å². The molecule has 2 aromatic rings. The summed E-state index contributed by atoms with van der Waals surface area (Å²) >= 11 is 1.72. The lowest BCUT2D eigenvalue weighted by Gasteiger charge is -2.36. The Balaban J connectivity index is 1.32. The molecule has 4 nitrogen and oxygen atoms in total. The van der Waals surface area contributed by atoms with Crippen molar-refractivity contribution in [2.45, 2.75) is 32.4 Å². The number of piperazine rings is 1. The fourth-order valence-electron chi connectivity index (χ4n) is 3.44. The highest BCUT2D eigenvalue weighted by atomic mass is 32.1. The number of benzene rings is 1. The van der Waals surface area contributed by atoms with Gasteiger partial charge in [0.2, 0.25) is 5.91 Å². The molecule has 0 aliphatic carbocycles. The van der Waals surface area contributed by atoms with Crippen LogP contribution >= 0.6 is 11.3 Å². The Morgan fingerprint density at radius 2 is 1.81 bits per heavy atom. The molecule has 1 fully saturated rings. The summed E-state index contributed by atoms with van der Waals surface area (Å²) in [6.07, 6.45) is 1.42. The van der Waals surface area contributed by atoms with Crippen molar-refractivity contribution < 1.29 is 4.79 Å². The second-order valence-corrected chi connectivity index (χ2v) is 8.14. The molecule has 1 saturated heterocycles. The van der Waals surface area contributed by atoms with Gasteiger partial charge < -0.3 is 5.32 Å². The van der Waals surface area contributed by atoms with Gasteiger partial charge in [-0.1, -0.05) is 36.4 Å². The molecule has 1 atom stereocenters. The van der Waals surface area contributed by atoms with E-state index in [1.807, 2.05) is 6.07 Å². The van der Waals surface area contributed by atoms with Crippen LogP contribution in [0.1, 0.15) is 23.8 Å². The average Bonchev–Trinajstić information content (AvgIpc) is 3.16. The van der Waals surface area contributed by atoms with E-state index in [4.69, 9.17) is 0 Å². The van der Waals surface area contributed by atoms with Crippen LogP contribution in [0.5, 0.6) is 0 Å². The standard InChI is InChI=1S/C21H29N3OS/c1-18(22-21(25)10-9-20-8-5-15-26-20)16-23-11-13-24(14-12-23)17-19-6-3-2-4-7-19/h2-8,15,18H,9-14,16-17H2,1H3,(H,22,25)/t18-/m0/s1. The molecule has 26 heavy (non-hydrogen) atoms. The van der Waals surface area contributed by atoms with Gasteiger partial charge in [0, 0.05) is 56.6 Å². The second-order valence-electron chi connectivity index (χ2n) is 7.11. The summed E-state index contributed by atoms with van der Waals surface area (Å²) in [5.74, 6) is 0.161. The Hall–Kier alpha value is -1.69. The fourth-order valence-corrected chi connectivity index (χ4v) is 4.15. The summed E-state index contributed by atoms with van der Waals surface area (Å²) in [4.78, 5) is 18.4. The number of hydrogen-bond acceptors (Lipinski definition) is 4. The van der Waals surface area contributed by atoms with Crippen molar-refractivity contribution in [3.05, 3.63) is 58.3 Å². The van der Waals surface area contributed by atoms with Gasteiger partial charge in [-0.15, -0.1) is 11.3 Å². The smallest absolute Gasteiger partial charge is 0.220 e. The van der Waals surface area contributed by atoms with Gasteiger partial charge in [-0.3, -0.25) is 14.6 Å². The Morgan fingerprint density at radius 3 is 2.50 bits per heavy atom. The molecule has 1 aromatic heterocycles. The first-order valence-corrected chi connectivity index (χ1v) is 10.4. The van der Waals surface area contributed by atoms with Crippen LogP contribution in [0.3, 0.4) is 0 Å². The van der Waals surface area contributed by atoms with Gasteiger partial charge >= 0.3 is 0 Å². The molecule has 0 bridgehead atoms. The molecule has 1 aromatic carbocycles. The first kappa shape index (κ1) is 19.1. The van der Waals surface area contributed by atoms with E-state index >= 15 is 0 Å². The van der Waals surface area contributed by atoms with Crippen molar-refractivity contribution in [3.63, 3.8) is 0 Å². The molecular formula is C21H29N3OS. The maximum absolute atomic E-state index is 12.1. The van der Waals surface area contributed by atoms with Gasteiger partial charge in [0.25, 0.3) is 0 Å². The third-order valence-corrected chi connectivity index (χ3v) is 5.77. The molecule has 0 radical (unpaired) electrons. The van der Waals surface area contributed by atoms with Crippen LogP contribution in [0.25, 0.3) is 0 Å². The molecule has 1 aliphatic heterocycles. The van der Waals surface area contributed by atoms with E-state index in [0.29, 0.717) is 6.42 Å². The third-order valence-electron chi connectivity index (χ3n) is 4.83. The Labute approximate surface area is 160 Å². The van der Waals surface area contributed by atoms with Crippen molar-refractivity contribution in [3.8, 4) is 0 Å². The van der Waals surface area contributed by atoms with E-state index in [1.165, 1.54) is 10.4 Å². The highest BCUT2D eigenvalue weighted by Crippen LogP contribution is 2.11. The van der Waals surface area contributed by atoms with Crippen LogP contribution in [0, 0.1) is 0 Å². The van der Waals surface area contributed by atoms with E-state index in [0.717, 1.165) is 45.7 Å². The zero-order valence-corrected chi connectivity index (χ0v) is 16.4. The van der Waals surface area contributed by atoms with Gasteiger partial charge in [-0.2, -0.15) is 0 Å². The lowest BCUT2D eigenvalue weighted by atomic mass is 10.2. The number of rotatable bonds is 8. The van der Waals surface area contributed by atoms with Crippen molar-refractivity contribution in [1.29, 1.82) is 0 Å². The number of thiophene rings is 1. The summed E-state index contributed by atoms with van der Waals surface area (Å²) in [7, 11) is 0. The third kappa shape index (κ3) is 6.24. The first-order chi connectivity index (χ1) is 12.7. The lowest BCUT2D eigenvalue weighted by molar-refractivity contribution is -0.121. The number of carbonyl (C=O) groups excluding carboxylic acids is 1. The summed E-state index contributed by atoms with van der Waals surface area (Å²) in [5.41, 5.74) is 1.38. The van der Waals surface area contributed by atoms with Crippen LogP contribution < -0.4 is 5.32 Å². The largest absolute Gasteiger partial charge is 0.352 e. The summed E-state index contributed by atoms with van der Waals surface area (Å²) < 4.78 is 0. The first-order valence-electron chi connectivity index (χ1n) is 9.49. The van der Waals surface area contributed by atoms with Crippen molar-refractivity contribution in [1.82, 2.24) is 15.1 Å². The van der Waals surface area contributed by atoms with Gasteiger partial charge in [-0.05, 0) is 30.4 Å². The molecule has 140 valence electrons. The number of nitrogens with zero attached hydrogens (tertiary/aromatic N) is 2. The monoisotopic (exact) mass is 371 g/mol. The molecule has 0 saturated carbocycles. The molecule has 2 heterocycles. The van der Waals surface area contributed by atoms with Crippen molar-refractivity contribution >= 4 is 17.2 Å². The second kappa shape index (κ2) is 9.86. The van der Waals surface area contributed by atoms with Gasteiger partial charge in [-0.25, -0.2) is 0 Å². The number of carbonyl (C=O) groups is 1. The van der Waals surface area contributed by atoms with Crippen LogP contribution in [0.4, 0.5) is 0 Å². The topological polar surface area (TPSA) is 35.6 Å². The van der Waals surface area contributed by atoms with Crippen molar-refractivity contribution in [2.75, 3.05) is 32.7 Å². The van der Waals surface area contributed by atoms with Crippen LogP contribution in [-0.2, 0) is 17.8 Å². The quantitative estimate of drug-likeness (QED) is 0.775. The average molecular weight is 372 g/mol. The van der Waals surface area contributed by atoms with E-state index < -0.39 is 0 Å². The molecular weight excluding hydrogens is 342 g/mol. The summed E-state index contributed by atoms with van der Waals surface area (Å²) in [6, 6.07) is 15.0. The maximum atomic E-state index is 12.1. The van der Waals surface area contributed by atoms with Gasteiger partial charge in [0.1, 0.15) is 0 Å². The minimum atomic E-state index is 0.161. The fraction of sp³-hybridized carbons (Fsp3) is 0.476. The molecule has 0 spiro atoms. The minimum absolute atomic E-state index is 0.161. The SMILES string of the molecule is C[C@@H](CN1CCN(Cc2ccccc2)CC1)NC(=O)CCc1cccs1. The Kier molecular flexibility index (Phi) is 7.23. The van der Waals surface area contributed by atoms with Crippen LogP contribution in [0.2, 0.25) is 0 Å². The lowest BCUT2D eigenvalue weighted by Crippen LogP contribution is -2.50. The molecule has 1 amide bonds. The molecule has 1 N–H and O–H groups in total. The molecule has 5 heteroatoms. The molecule has 3 rings (SSSR count). The van der Waals surface area contributed by atoms with Gasteiger partial charge in [0.05, 0.1) is 0 Å². The highest BCUT2D eigenvalue weighted by Gasteiger charge is 2.19. The van der Waals surface area contributed by atoms with E-state index in [9.17, 15) is 4.79 Å². The number of nitrogens with one attached hydrogen (secondary N) is 1. The molecule has 0 unspecified atom stereocenters. The zero-order valence-electron chi connectivity index (χ0n) is 15.6. The van der Waals surface area contributed by atoms with E-state index in [-0.39, 0.29) is 11.9 Å². The maximum Gasteiger partial charge on any atom is 0.220 e. The molecule has 1 aliphatic rings. The summed E-state index contributed by atoms with van der Waals surface area (Å²) in [5, 5.41) is 5.21. The van der Waals surface area contributed by atoms with Crippen LogP contribution in [-0.4, -0.2) is 54.5 Å². The number of hydrogen-bond donors (Lipinski definition) is 1. The van der Waals surface area contributed by atoms with Crippen LogP contribution in [0.15, 0.2) is 47.8 Å². The normalized spacial score (nSPS) is 17.1. The van der Waals surface area contributed by atoms with E-state index in [1.54, 1.807) is 11.3 Å². The minimum Gasteiger partial charge on any atom is -0.352 e. The number of amides is 1. The Morgan fingerprint density at radius 1 is 1.08 bits per heavy atom. The van der Waals surface area contributed by atoms with Crippen molar-refractivity contribution in [2.24, 2.45) is 0 Å². The van der Waals surface area contributed by atoms with E-state index in [2.05, 4.69) is 63.8 Å². The Bertz CT molecular complexity index is 651. The summed E-state index contributed by atoms with van der Waals surface area (Å²) in [6.45, 7) is 8.40. The highest BCUT2D eigenvalue weighted by molar-refractivity contribution is 7.09. The predicted octanol–water partition coefficient (Wildman–Crippen LogP) is 3.00. The predicted molar refractivity (Wildman–Crippen MR) is 108 cm³/mol. The zero-order chi connectivity index (χ0) is 18.2. The number of aryl methyl sites for hydroxylation is 1.